The summed E-state index contributed by atoms with van der Waals surface area (Å²) < 4.78 is 2.57. The van der Waals surface area contributed by atoms with Crippen LogP contribution in [0.1, 0.15) is 35.6 Å². The van der Waals surface area contributed by atoms with E-state index in [9.17, 15) is 4.79 Å². The van der Waals surface area contributed by atoms with Crippen molar-refractivity contribution in [3.8, 4) is 5.69 Å². The van der Waals surface area contributed by atoms with E-state index in [0.29, 0.717) is 16.9 Å². The Bertz CT molecular complexity index is 663. The van der Waals surface area contributed by atoms with Crippen molar-refractivity contribution >= 4 is 27.5 Å². The number of benzene rings is 1. The summed E-state index contributed by atoms with van der Waals surface area (Å²) in [6, 6.07) is 5.29. The summed E-state index contributed by atoms with van der Waals surface area (Å²) in [6.07, 6.45) is 1.47. The number of halogens is 1. The SMILES string of the molecule is CCc1nn(-c2cc(Br)ccc2C(N)=O)c(CC)c1N. The minimum absolute atomic E-state index is 0.424. The third-order valence-corrected chi connectivity index (χ3v) is 3.71. The number of aryl methyl sites for hydroxylation is 1. The zero-order valence-electron chi connectivity index (χ0n) is 11.5. The predicted octanol–water partition coefficient (Wildman–Crippen LogP) is 2.44. The van der Waals surface area contributed by atoms with Crippen molar-refractivity contribution in [2.75, 3.05) is 5.73 Å². The zero-order valence-corrected chi connectivity index (χ0v) is 13.1. The molecule has 0 saturated carbocycles. The van der Waals surface area contributed by atoms with E-state index >= 15 is 0 Å². The first-order valence-corrected chi connectivity index (χ1v) is 7.24. The van der Waals surface area contributed by atoms with Crippen LogP contribution in [0.5, 0.6) is 0 Å². The number of rotatable bonds is 4. The molecule has 20 heavy (non-hydrogen) atoms. The topological polar surface area (TPSA) is 86.9 Å². The Morgan fingerprint density at radius 3 is 2.60 bits per heavy atom. The average molecular weight is 337 g/mol. The molecule has 0 unspecified atom stereocenters. The van der Waals surface area contributed by atoms with Crippen LogP contribution in [0.25, 0.3) is 5.69 Å². The summed E-state index contributed by atoms with van der Waals surface area (Å²) in [6.45, 7) is 4.00. The molecule has 1 heterocycles. The van der Waals surface area contributed by atoms with Gasteiger partial charge in [-0.05, 0) is 31.0 Å². The molecule has 6 heteroatoms. The first kappa shape index (κ1) is 14.6. The largest absolute Gasteiger partial charge is 0.396 e. The number of carbonyl (C=O) groups is 1. The quantitative estimate of drug-likeness (QED) is 0.898. The summed E-state index contributed by atoms with van der Waals surface area (Å²) in [7, 11) is 0. The van der Waals surface area contributed by atoms with E-state index in [-0.39, 0.29) is 0 Å². The highest BCUT2D eigenvalue weighted by atomic mass is 79.9. The lowest BCUT2D eigenvalue weighted by Gasteiger charge is -2.10. The predicted molar refractivity (Wildman–Crippen MR) is 83.0 cm³/mol. The van der Waals surface area contributed by atoms with Crippen LogP contribution in [-0.4, -0.2) is 15.7 Å². The van der Waals surface area contributed by atoms with Crippen molar-refractivity contribution in [3.63, 3.8) is 0 Å². The van der Waals surface area contributed by atoms with Crippen LogP contribution in [0, 0.1) is 0 Å². The molecule has 0 aliphatic carbocycles. The van der Waals surface area contributed by atoms with Crippen LogP contribution in [0.15, 0.2) is 22.7 Å². The van der Waals surface area contributed by atoms with Crippen LogP contribution < -0.4 is 11.5 Å². The van der Waals surface area contributed by atoms with Gasteiger partial charge in [0.1, 0.15) is 0 Å². The number of nitrogens with zero attached hydrogens (tertiary/aromatic N) is 2. The number of nitrogen functional groups attached to an aromatic ring is 1. The molecule has 2 aromatic rings. The van der Waals surface area contributed by atoms with Crippen molar-refractivity contribution in [3.05, 3.63) is 39.6 Å². The molecule has 1 amide bonds. The molecule has 4 N–H and O–H groups in total. The number of anilines is 1. The van der Waals surface area contributed by atoms with Gasteiger partial charge in [0.2, 0.25) is 0 Å². The zero-order chi connectivity index (χ0) is 14.9. The second kappa shape index (κ2) is 5.66. The lowest BCUT2D eigenvalue weighted by Crippen LogP contribution is -2.16. The molecule has 1 aromatic heterocycles. The van der Waals surface area contributed by atoms with E-state index in [4.69, 9.17) is 11.5 Å². The molecule has 1 aromatic carbocycles. The molecule has 0 aliphatic heterocycles. The van der Waals surface area contributed by atoms with E-state index < -0.39 is 5.91 Å². The summed E-state index contributed by atoms with van der Waals surface area (Å²) in [4.78, 5) is 11.6. The molecule has 2 rings (SSSR count). The van der Waals surface area contributed by atoms with E-state index in [1.165, 1.54) is 0 Å². The maximum absolute atomic E-state index is 11.6. The van der Waals surface area contributed by atoms with Gasteiger partial charge in [0.15, 0.2) is 0 Å². The number of primary amides is 1. The van der Waals surface area contributed by atoms with E-state index in [1.54, 1.807) is 16.8 Å². The summed E-state index contributed by atoms with van der Waals surface area (Å²) in [5.74, 6) is -0.485. The number of aromatic nitrogens is 2. The van der Waals surface area contributed by atoms with Crippen LogP contribution in [0.3, 0.4) is 0 Å². The van der Waals surface area contributed by atoms with Gasteiger partial charge in [0.05, 0.1) is 28.3 Å². The summed E-state index contributed by atoms with van der Waals surface area (Å²) >= 11 is 3.41. The number of hydrogen-bond acceptors (Lipinski definition) is 3. The Balaban J connectivity index is 2.73. The van der Waals surface area contributed by atoms with Gasteiger partial charge in [-0.2, -0.15) is 5.10 Å². The highest BCUT2D eigenvalue weighted by Crippen LogP contribution is 2.26. The molecule has 0 aliphatic rings. The normalized spacial score (nSPS) is 10.8. The Kier molecular flexibility index (Phi) is 4.13. The van der Waals surface area contributed by atoms with Crippen molar-refractivity contribution in [2.24, 2.45) is 5.73 Å². The van der Waals surface area contributed by atoms with Crippen LogP contribution in [0.4, 0.5) is 5.69 Å². The lowest BCUT2D eigenvalue weighted by molar-refractivity contribution is 0.1000. The number of nitrogens with two attached hydrogens (primary N) is 2. The molecule has 106 valence electrons. The van der Waals surface area contributed by atoms with Crippen LogP contribution in [0.2, 0.25) is 0 Å². The van der Waals surface area contributed by atoms with E-state index in [0.717, 1.165) is 28.7 Å². The van der Waals surface area contributed by atoms with Crippen molar-refractivity contribution in [1.29, 1.82) is 0 Å². The van der Waals surface area contributed by atoms with E-state index in [2.05, 4.69) is 21.0 Å². The molecule has 0 saturated heterocycles. The molecule has 0 atom stereocenters. The van der Waals surface area contributed by atoms with Crippen molar-refractivity contribution in [2.45, 2.75) is 26.7 Å². The Morgan fingerprint density at radius 1 is 1.35 bits per heavy atom. The Hall–Kier alpha value is -1.82. The third-order valence-electron chi connectivity index (χ3n) is 3.22. The van der Waals surface area contributed by atoms with Crippen LogP contribution >= 0.6 is 15.9 Å². The second-order valence-corrected chi connectivity index (χ2v) is 5.37. The van der Waals surface area contributed by atoms with Gasteiger partial charge in [-0.25, -0.2) is 4.68 Å². The van der Waals surface area contributed by atoms with Crippen LogP contribution in [-0.2, 0) is 12.8 Å². The molecule has 0 radical (unpaired) electrons. The van der Waals surface area contributed by atoms with Gasteiger partial charge in [-0.3, -0.25) is 4.79 Å². The van der Waals surface area contributed by atoms with Gasteiger partial charge in [-0.1, -0.05) is 29.8 Å². The smallest absolute Gasteiger partial charge is 0.250 e. The number of carbonyl (C=O) groups excluding carboxylic acids is 1. The minimum Gasteiger partial charge on any atom is -0.396 e. The summed E-state index contributed by atoms with van der Waals surface area (Å²) in [5.41, 5.74) is 15.0. The highest BCUT2D eigenvalue weighted by molar-refractivity contribution is 9.10. The average Bonchev–Trinajstić information content (AvgIpc) is 2.74. The standard InChI is InChI=1S/C14H17BrN4O/c1-3-10-13(16)11(4-2)19(18-10)12-7-8(15)5-6-9(12)14(17)20/h5-7H,3-4,16H2,1-2H3,(H2,17,20). The first-order valence-electron chi connectivity index (χ1n) is 6.45. The molecule has 0 bridgehead atoms. The van der Waals surface area contributed by atoms with Gasteiger partial charge >= 0.3 is 0 Å². The monoisotopic (exact) mass is 336 g/mol. The second-order valence-electron chi connectivity index (χ2n) is 4.45. The fourth-order valence-corrected chi connectivity index (χ4v) is 2.55. The van der Waals surface area contributed by atoms with Gasteiger partial charge in [-0.15, -0.1) is 0 Å². The van der Waals surface area contributed by atoms with Gasteiger partial charge in [0.25, 0.3) is 5.91 Å². The summed E-state index contributed by atoms with van der Waals surface area (Å²) in [5, 5.41) is 4.52. The van der Waals surface area contributed by atoms with Gasteiger partial charge in [0, 0.05) is 4.47 Å². The van der Waals surface area contributed by atoms with Crippen molar-refractivity contribution in [1.82, 2.24) is 9.78 Å². The highest BCUT2D eigenvalue weighted by Gasteiger charge is 2.18. The number of hydrogen-bond donors (Lipinski definition) is 2. The molecule has 5 nitrogen and oxygen atoms in total. The fourth-order valence-electron chi connectivity index (χ4n) is 2.20. The van der Waals surface area contributed by atoms with E-state index in [1.807, 2.05) is 19.9 Å². The van der Waals surface area contributed by atoms with Gasteiger partial charge < -0.3 is 11.5 Å². The fraction of sp³-hybridized carbons (Fsp3) is 0.286. The maximum atomic E-state index is 11.6. The molecule has 0 spiro atoms. The van der Waals surface area contributed by atoms with Crippen molar-refractivity contribution < 1.29 is 4.79 Å². The minimum atomic E-state index is -0.485. The molecular formula is C14H17BrN4O. The Labute approximate surface area is 126 Å². The molecular weight excluding hydrogens is 320 g/mol. The maximum Gasteiger partial charge on any atom is 0.250 e. The Morgan fingerprint density at radius 2 is 2.05 bits per heavy atom. The third kappa shape index (κ3) is 2.43. The number of amides is 1. The lowest BCUT2D eigenvalue weighted by atomic mass is 10.1. The molecule has 0 fully saturated rings. The first-order chi connectivity index (χ1) is 9.49.